The minimum absolute atomic E-state index is 0.0384. The fraction of sp³-hybridized carbons (Fsp3) is 0.400. The number of rotatable bonds is 8. The van der Waals surface area contributed by atoms with E-state index >= 15 is 0 Å². The number of hydrogen-bond donors (Lipinski definition) is 2. The van der Waals surface area contributed by atoms with Gasteiger partial charge < -0.3 is 20.1 Å². The van der Waals surface area contributed by atoms with E-state index in [0.717, 1.165) is 5.56 Å². The highest BCUT2D eigenvalue weighted by Crippen LogP contribution is 2.12. The van der Waals surface area contributed by atoms with Crippen molar-refractivity contribution in [2.24, 2.45) is 0 Å². The molecule has 0 unspecified atom stereocenters. The Morgan fingerprint density at radius 2 is 1.95 bits per heavy atom. The summed E-state index contributed by atoms with van der Waals surface area (Å²) in [5.41, 5.74) is 1.06. The van der Waals surface area contributed by atoms with E-state index in [1.807, 2.05) is 25.1 Å². The zero-order valence-corrected chi connectivity index (χ0v) is 12.7. The standard InChI is InChI=1S/C15H20N2O5/c1-11-4-3-5-12(8-11)21-7-6-15(20)22-10-14(19)17-9-13(18)16-2/h3-5,8H,6-7,9-10H2,1-2H3,(H,16,18)(H,17,19). The molecule has 0 atom stereocenters. The van der Waals surface area contributed by atoms with E-state index < -0.39 is 18.5 Å². The molecule has 0 aliphatic heterocycles. The molecule has 7 heteroatoms. The summed E-state index contributed by atoms with van der Waals surface area (Å²) in [6.07, 6.45) is 0.0384. The summed E-state index contributed by atoms with van der Waals surface area (Å²) in [6.45, 7) is 1.55. The summed E-state index contributed by atoms with van der Waals surface area (Å²) in [4.78, 5) is 33.6. The van der Waals surface area contributed by atoms with Gasteiger partial charge in [0.25, 0.3) is 5.91 Å². The highest BCUT2D eigenvalue weighted by molar-refractivity contribution is 5.86. The topological polar surface area (TPSA) is 93.7 Å². The molecule has 1 aromatic carbocycles. The number of benzene rings is 1. The fourth-order valence-corrected chi connectivity index (χ4v) is 1.49. The highest BCUT2D eigenvalue weighted by Gasteiger charge is 2.09. The number of ether oxygens (including phenoxy) is 2. The fourth-order valence-electron chi connectivity index (χ4n) is 1.49. The molecule has 120 valence electrons. The Labute approximate surface area is 129 Å². The summed E-state index contributed by atoms with van der Waals surface area (Å²) in [5.74, 6) is -0.721. The predicted molar refractivity (Wildman–Crippen MR) is 79.3 cm³/mol. The van der Waals surface area contributed by atoms with Gasteiger partial charge in [0.2, 0.25) is 5.91 Å². The highest BCUT2D eigenvalue weighted by atomic mass is 16.5. The molecule has 2 amide bonds. The Kier molecular flexibility index (Phi) is 7.45. The van der Waals surface area contributed by atoms with Crippen molar-refractivity contribution >= 4 is 17.8 Å². The lowest BCUT2D eigenvalue weighted by Gasteiger charge is -2.08. The summed E-state index contributed by atoms with van der Waals surface area (Å²) >= 11 is 0. The minimum Gasteiger partial charge on any atom is -0.493 e. The summed E-state index contributed by atoms with van der Waals surface area (Å²) in [7, 11) is 1.46. The van der Waals surface area contributed by atoms with Gasteiger partial charge in [0.15, 0.2) is 6.61 Å². The zero-order chi connectivity index (χ0) is 16.4. The van der Waals surface area contributed by atoms with Crippen molar-refractivity contribution in [2.45, 2.75) is 13.3 Å². The van der Waals surface area contributed by atoms with Gasteiger partial charge in [0.05, 0.1) is 19.6 Å². The maximum absolute atomic E-state index is 11.4. The smallest absolute Gasteiger partial charge is 0.309 e. The molecule has 0 bridgehead atoms. The largest absolute Gasteiger partial charge is 0.493 e. The maximum Gasteiger partial charge on any atom is 0.309 e. The molecular weight excluding hydrogens is 288 g/mol. The van der Waals surface area contributed by atoms with E-state index in [1.165, 1.54) is 7.05 Å². The van der Waals surface area contributed by atoms with Crippen LogP contribution in [-0.4, -0.2) is 44.6 Å². The van der Waals surface area contributed by atoms with Crippen LogP contribution in [0.3, 0.4) is 0 Å². The number of carbonyl (C=O) groups excluding carboxylic acids is 3. The van der Waals surface area contributed by atoms with Crippen LogP contribution >= 0.6 is 0 Å². The lowest BCUT2D eigenvalue weighted by atomic mass is 10.2. The average molecular weight is 308 g/mol. The molecule has 0 saturated carbocycles. The van der Waals surface area contributed by atoms with Crippen LogP contribution in [0.4, 0.5) is 0 Å². The van der Waals surface area contributed by atoms with Crippen molar-refractivity contribution in [3.05, 3.63) is 29.8 Å². The van der Waals surface area contributed by atoms with E-state index in [1.54, 1.807) is 6.07 Å². The van der Waals surface area contributed by atoms with E-state index in [0.29, 0.717) is 5.75 Å². The van der Waals surface area contributed by atoms with Crippen molar-refractivity contribution in [1.29, 1.82) is 0 Å². The van der Waals surface area contributed by atoms with Crippen LogP contribution in [0.5, 0.6) is 5.75 Å². The second-order valence-electron chi connectivity index (χ2n) is 4.53. The van der Waals surface area contributed by atoms with Gasteiger partial charge in [-0.15, -0.1) is 0 Å². The van der Waals surface area contributed by atoms with Gasteiger partial charge in [-0.3, -0.25) is 14.4 Å². The average Bonchev–Trinajstić information content (AvgIpc) is 2.50. The maximum atomic E-state index is 11.4. The predicted octanol–water partition coefficient (Wildman–Crippen LogP) is 0.169. The van der Waals surface area contributed by atoms with E-state index in [9.17, 15) is 14.4 Å². The monoisotopic (exact) mass is 308 g/mol. The third-order valence-corrected chi connectivity index (χ3v) is 2.65. The van der Waals surface area contributed by atoms with Gasteiger partial charge in [-0.05, 0) is 24.6 Å². The van der Waals surface area contributed by atoms with Crippen molar-refractivity contribution in [2.75, 3.05) is 26.8 Å². The van der Waals surface area contributed by atoms with Crippen LogP contribution in [0.1, 0.15) is 12.0 Å². The second-order valence-corrected chi connectivity index (χ2v) is 4.53. The van der Waals surface area contributed by atoms with Crippen LogP contribution < -0.4 is 15.4 Å². The number of likely N-dealkylation sites (N-methyl/N-ethyl adjacent to an activating group) is 1. The molecule has 7 nitrogen and oxygen atoms in total. The molecule has 1 rings (SSSR count). The van der Waals surface area contributed by atoms with Crippen LogP contribution in [0.2, 0.25) is 0 Å². The molecule has 0 saturated heterocycles. The van der Waals surface area contributed by atoms with Gasteiger partial charge in [-0.2, -0.15) is 0 Å². The van der Waals surface area contributed by atoms with Crippen molar-refractivity contribution < 1.29 is 23.9 Å². The van der Waals surface area contributed by atoms with Gasteiger partial charge in [-0.25, -0.2) is 0 Å². The molecule has 0 radical (unpaired) electrons. The third-order valence-electron chi connectivity index (χ3n) is 2.65. The summed E-state index contributed by atoms with van der Waals surface area (Å²) in [6, 6.07) is 7.46. The molecule has 0 heterocycles. The Bertz CT molecular complexity index is 530. The first-order valence-electron chi connectivity index (χ1n) is 6.83. The van der Waals surface area contributed by atoms with Crippen molar-refractivity contribution in [3.63, 3.8) is 0 Å². The van der Waals surface area contributed by atoms with E-state index in [-0.39, 0.29) is 25.5 Å². The molecule has 22 heavy (non-hydrogen) atoms. The Hall–Kier alpha value is -2.57. The van der Waals surface area contributed by atoms with Crippen LogP contribution in [-0.2, 0) is 19.1 Å². The zero-order valence-electron chi connectivity index (χ0n) is 12.7. The van der Waals surface area contributed by atoms with Gasteiger partial charge in [-0.1, -0.05) is 12.1 Å². The SMILES string of the molecule is CNC(=O)CNC(=O)COC(=O)CCOc1cccc(C)c1. The Morgan fingerprint density at radius 3 is 2.64 bits per heavy atom. The lowest BCUT2D eigenvalue weighted by molar-refractivity contribution is -0.149. The summed E-state index contributed by atoms with van der Waals surface area (Å²) < 4.78 is 10.2. The molecule has 0 fully saturated rings. The van der Waals surface area contributed by atoms with Gasteiger partial charge in [0, 0.05) is 7.05 Å². The van der Waals surface area contributed by atoms with Crippen LogP contribution in [0, 0.1) is 6.92 Å². The van der Waals surface area contributed by atoms with Gasteiger partial charge in [0.1, 0.15) is 5.75 Å². The number of carbonyl (C=O) groups is 3. The number of nitrogens with one attached hydrogen (secondary N) is 2. The molecule has 0 aromatic heterocycles. The normalized spacial score (nSPS) is 9.73. The Morgan fingerprint density at radius 1 is 1.18 bits per heavy atom. The number of esters is 1. The second kappa shape index (κ2) is 9.38. The molecule has 2 N–H and O–H groups in total. The lowest BCUT2D eigenvalue weighted by Crippen LogP contribution is -2.37. The molecule has 0 spiro atoms. The quantitative estimate of drug-likeness (QED) is 0.668. The Balaban J connectivity index is 2.15. The minimum atomic E-state index is -0.539. The molecule has 0 aliphatic carbocycles. The first kappa shape index (κ1) is 17.5. The number of aryl methyl sites for hydroxylation is 1. The van der Waals surface area contributed by atoms with Crippen molar-refractivity contribution in [1.82, 2.24) is 10.6 Å². The van der Waals surface area contributed by atoms with Crippen molar-refractivity contribution in [3.8, 4) is 5.75 Å². The summed E-state index contributed by atoms with van der Waals surface area (Å²) in [5, 5.41) is 4.67. The van der Waals surface area contributed by atoms with E-state index in [4.69, 9.17) is 9.47 Å². The number of hydrogen-bond acceptors (Lipinski definition) is 5. The molecule has 1 aromatic rings. The number of amides is 2. The first-order chi connectivity index (χ1) is 10.5. The molecular formula is C15H20N2O5. The van der Waals surface area contributed by atoms with Crippen LogP contribution in [0.25, 0.3) is 0 Å². The van der Waals surface area contributed by atoms with E-state index in [2.05, 4.69) is 10.6 Å². The van der Waals surface area contributed by atoms with Crippen LogP contribution in [0.15, 0.2) is 24.3 Å². The third kappa shape index (κ3) is 7.28. The molecule has 0 aliphatic rings. The first-order valence-corrected chi connectivity index (χ1v) is 6.83. The van der Waals surface area contributed by atoms with Gasteiger partial charge >= 0.3 is 5.97 Å².